The molecule has 1 saturated carbocycles. The summed E-state index contributed by atoms with van der Waals surface area (Å²) < 4.78 is 28.4. The van der Waals surface area contributed by atoms with E-state index in [-0.39, 0.29) is 6.04 Å². The smallest absolute Gasteiger partial charge is 0.279 e. The molecule has 0 bridgehead atoms. The van der Waals surface area contributed by atoms with Crippen molar-refractivity contribution in [1.82, 2.24) is 19.0 Å². The Balaban J connectivity index is 2.13. The van der Waals surface area contributed by atoms with Crippen molar-refractivity contribution in [2.24, 2.45) is 0 Å². The average molecular weight is 370 g/mol. The molecule has 0 radical (unpaired) electrons. The summed E-state index contributed by atoms with van der Waals surface area (Å²) in [6, 6.07) is 0.112. The molecule has 1 heterocycles. The number of hydrogen-bond donors (Lipinski definition) is 1. The zero-order chi connectivity index (χ0) is 18.6. The first-order valence-electron chi connectivity index (χ1n) is 9.06. The van der Waals surface area contributed by atoms with E-state index in [4.69, 9.17) is 0 Å². The lowest BCUT2D eigenvalue weighted by Gasteiger charge is -2.31. The van der Waals surface area contributed by atoms with Gasteiger partial charge in [-0.05, 0) is 26.7 Å². The quantitative estimate of drug-likeness (QED) is 0.798. The Bertz CT molecular complexity index is 674. The maximum absolute atomic E-state index is 12.2. The minimum Gasteiger partial charge on any atom is -0.341 e. The van der Waals surface area contributed by atoms with Gasteiger partial charge in [0, 0.05) is 50.2 Å². The van der Waals surface area contributed by atoms with Gasteiger partial charge in [0.15, 0.2) is 0 Å². The van der Waals surface area contributed by atoms with Crippen molar-refractivity contribution in [2.75, 3.05) is 25.5 Å². The number of aryl methyl sites for hydroxylation is 1. The van der Waals surface area contributed by atoms with Crippen LogP contribution < -0.4 is 9.62 Å². The molecule has 1 aliphatic carbocycles. The number of nitrogens with one attached hydrogen (secondary N) is 1. The minimum atomic E-state index is -3.50. The van der Waals surface area contributed by atoms with E-state index in [2.05, 4.69) is 19.6 Å². The molecule has 1 aromatic rings. The van der Waals surface area contributed by atoms with Crippen molar-refractivity contribution in [3.8, 4) is 0 Å². The van der Waals surface area contributed by atoms with Gasteiger partial charge in [-0.1, -0.05) is 26.2 Å². The van der Waals surface area contributed by atoms with E-state index in [9.17, 15) is 8.42 Å². The van der Waals surface area contributed by atoms with Crippen LogP contribution in [-0.2, 0) is 10.2 Å². The van der Waals surface area contributed by atoms with Crippen molar-refractivity contribution in [2.45, 2.75) is 65.0 Å². The highest BCUT2D eigenvalue weighted by Crippen LogP contribution is 2.25. The Morgan fingerprint density at radius 1 is 1.28 bits per heavy atom. The van der Waals surface area contributed by atoms with Crippen molar-refractivity contribution < 1.29 is 8.42 Å². The largest absolute Gasteiger partial charge is 0.341 e. The Kier molecular flexibility index (Phi) is 6.76. The third-order valence-electron chi connectivity index (χ3n) is 5.09. The maximum Gasteiger partial charge on any atom is 0.279 e. The molecule has 7 nitrogen and oxygen atoms in total. The maximum atomic E-state index is 12.2. The zero-order valence-corrected chi connectivity index (χ0v) is 16.8. The lowest BCUT2D eigenvalue weighted by Crippen LogP contribution is -2.39. The van der Waals surface area contributed by atoms with E-state index >= 15 is 0 Å². The molecule has 0 amide bonds. The first-order chi connectivity index (χ1) is 11.8. The van der Waals surface area contributed by atoms with Gasteiger partial charge >= 0.3 is 0 Å². The first-order valence-corrected chi connectivity index (χ1v) is 10.5. The summed E-state index contributed by atoms with van der Waals surface area (Å²) >= 11 is 0. The molecule has 0 aliphatic heterocycles. The van der Waals surface area contributed by atoms with Gasteiger partial charge in [0.2, 0.25) is 5.95 Å². The highest BCUT2D eigenvalue weighted by atomic mass is 32.2. The van der Waals surface area contributed by atoms with Crippen molar-refractivity contribution >= 4 is 16.2 Å². The number of anilines is 1. The topological polar surface area (TPSA) is 78.4 Å². The van der Waals surface area contributed by atoms with E-state index in [1.807, 2.05) is 20.9 Å². The van der Waals surface area contributed by atoms with Gasteiger partial charge in [0.1, 0.15) is 0 Å². The van der Waals surface area contributed by atoms with Crippen LogP contribution >= 0.6 is 0 Å². The summed E-state index contributed by atoms with van der Waals surface area (Å²) in [6.45, 7) is 5.94. The van der Waals surface area contributed by atoms with Crippen LogP contribution in [0.15, 0.2) is 6.20 Å². The monoisotopic (exact) mass is 369 g/mol. The van der Waals surface area contributed by atoms with Gasteiger partial charge in [-0.2, -0.15) is 17.4 Å². The fraction of sp³-hybridized carbons (Fsp3) is 0.765. The predicted molar refractivity (Wildman–Crippen MR) is 101 cm³/mol. The van der Waals surface area contributed by atoms with E-state index in [0.29, 0.717) is 18.5 Å². The normalized spacial score (nSPS) is 17.7. The van der Waals surface area contributed by atoms with E-state index < -0.39 is 10.2 Å². The zero-order valence-electron chi connectivity index (χ0n) is 16.0. The number of aromatic nitrogens is 2. The molecule has 0 aromatic carbocycles. The highest BCUT2D eigenvalue weighted by Gasteiger charge is 2.23. The van der Waals surface area contributed by atoms with Crippen LogP contribution in [0.3, 0.4) is 0 Å². The van der Waals surface area contributed by atoms with Crippen LogP contribution in [0.5, 0.6) is 0 Å². The van der Waals surface area contributed by atoms with Gasteiger partial charge in [-0.3, -0.25) is 0 Å². The number of rotatable bonds is 7. The van der Waals surface area contributed by atoms with Crippen LogP contribution in [0.4, 0.5) is 5.95 Å². The number of hydrogen-bond acceptors (Lipinski definition) is 5. The van der Waals surface area contributed by atoms with E-state index in [0.717, 1.165) is 11.3 Å². The molecule has 25 heavy (non-hydrogen) atoms. The molecule has 0 spiro atoms. The Morgan fingerprint density at radius 2 is 1.92 bits per heavy atom. The summed E-state index contributed by atoms with van der Waals surface area (Å²) in [7, 11) is 0.104. The molecule has 1 aliphatic rings. The van der Waals surface area contributed by atoms with Gasteiger partial charge in [-0.25, -0.2) is 9.97 Å². The predicted octanol–water partition coefficient (Wildman–Crippen LogP) is 2.40. The summed E-state index contributed by atoms with van der Waals surface area (Å²) in [5.41, 5.74) is 1.61. The van der Waals surface area contributed by atoms with Crippen LogP contribution in [0.2, 0.25) is 0 Å². The fourth-order valence-electron chi connectivity index (χ4n) is 3.24. The molecule has 1 N–H and O–H groups in total. The van der Waals surface area contributed by atoms with Gasteiger partial charge in [-0.15, -0.1) is 0 Å². The second kappa shape index (κ2) is 8.42. The molecule has 1 fully saturated rings. The third kappa shape index (κ3) is 4.89. The van der Waals surface area contributed by atoms with E-state index in [1.54, 1.807) is 20.2 Å². The van der Waals surface area contributed by atoms with Gasteiger partial charge in [0.05, 0.1) is 0 Å². The minimum absolute atomic E-state index is 0.381. The molecule has 0 unspecified atom stereocenters. The van der Waals surface area contributed by atoms with Gasteiger partial charge < -0.3 is 4.90 Å². The molecule has 0 saturated heterocycles. The van der Waals surface area contributed by atoms with Gasteiger partial charge in [0.25, 0.3) is 10.2 Å². The Morgan fingerprint density at radius 3 is 2.48 bits per heavy atom. The molecule has 1 atom stereocenters. The fourth-order valence-corrected chi connectivity index (χ4v) is 4.33. The van der Waals surface area contributed by atoms with Crippen molar-refractivity contribution in [1.29, 1.82) is 0 Å². The molecule has 142 valence electrons. The lowest BCUT2D eigenvalue weighted by molar-refractivity contribution is 0.423. The second-order valence-corrected chi connectivity index (χ2v) is 8.68. The van der Waals surface area contributed by atoms with Crippen LogP contribution in [0, 0.1) is 6.92 Å². The van der Waals surface area contributed by atoms with E-state index in [1.165, 1.54) is 36.4 Å². The van der Waals surface area contributed by atoms with Crippen LogP contribution in [0.25, 0.3) is 0 Å². The summed E-state index contributed by atoms with van der Waals surface area (Å²) in [5.74, 6) is 0.717. The van der Waals surface area contributed by atoms with Crippen LogP contribution in [0.1, 0.15) is 63.3 Å². The summed E-state index contributed by atoms with van der Waals surface area (Å²) in [5, 5.41) is 0. The average Bonchev–Trinajstić information content (AvgIpc) is 2.60. The second-order valence-electron chi connectivity index (χ2n) is 6.87. The number of nitrogens with zero attached hydrogens (tertiary/aromatic N) is 4. The Hall–Kier alpha value is -1.25. The lowest BCUT2D eigenvalue weighted by atomic mass is 9.95. The standard InChI is InChI=1S/C17H31N5O2S/c1-6-21(4)25(23,24)20-14(3)16-12-18-17(19-13(16)2)22(5)15-10-8-7-9-11-15/h12,14-15,20H,6-11H2,1-5H3/t14-/m1/s1. The first kappa shape index (κ1) is 20.1. The summed E-state index contributed by atoms with van der Waals surface area (Å²) in [4.78, 5) is 11.3. The molecular formula is C17H31N5O2S. The third-order valence-corrected chi connectivity index (χ3v) is 6.82. The summed E-state index contributed by atoms with van der Waals surface area (Å²) in [6.07, 6.45) is 7.94. The molecular weight excluding hydrogens is 338 g/mol. The molecule has 2 rings (SSSR count). The van der Waals surface area contributed by atoms with Crippen molar-refractivity contribution in [3.63, 3.8) is 0 Å². The molecule has 1 aromatic heterocycles. The van der Waals surface area contributed by atoms with Crippen molar-refractivity contribution in [3.05, 3.63) is 17.5 Å². The highest BCUT2D eigenvalue weighted by molar-refractivity contribution is 7.87. The molecule has 8 heteroatoms. The van der Waals surface area contributed by atoms with Crippen LogP contribution in [-0.4, -0.2) is 49.4 Å². The SMILES string of the molecule is CCN(C)S(=O)(=O)N[C@H](C)c1cnc(N(C)C2CCCCC2)nc1C. The Labute approximate surface area is 152 Å².